The van der Waals surface area contributed by atoms with Crippen molar-refractivity contribution in [1.82, 2.24) is 24.5 Å². The second-order valence-corrected chi connectivity index (χ2v) is 7.92. The molecule has 25 heavy (non-hydrogen) atoms. The number of para-hydroxylation sites is 2. The molecule has 132 valence electrons. The molecule has 1 aromatic carbocycles. The number of ketones is 1. The van der Waals surface area contributed by atoms with Crippen LogP contribution in [0.15, 0.2) is 29.4 Å². The van der Waals surface area contributed by atoms with Gasteiger partial charge in [0.25, 0.3) is 0 Å². The lowest BCUT2D eigenvalue weighted by Crippen LogP contribution is -2.42. The van der Waals surface area contributed by atoms with E-state index in [1.165, 1.54) is 11.8 Å². The highest BCUT2D eigenvalue weighted by Crippen LogP contribution is 2.25. The van der Waals surface area contributed by atoms with E-state index in [-0.39, 0.29) is 23.8 Å². The molecule has 0 atom stereocenters. The van der Waals surface area contributed by atoms with Gasteiger partial charge in [-0.05, 0) is 39.8 Å². The Bertz CT molecular complexity index is 951. The van der Waals surface area contributed by atoms with E-state index >= 15 is 0 Å². The third-order valence-electron chi connectivity index (χ3n) is 3.49. The van der Waals surface area contributed by atoms with Crippen molar-refractivity contribution in [3.05, 3.63) is 24.3 Å². The molecule has 3 aromatic rings. The Kier molecular flexibility index (Phi) is 4.55. The fraction of sp³-hybridized carbons (Fsp3) is 0.412. The molecular weight excluding hydrogens is 338 g/mol. The molecule has 0 radical (unpaired) electrons. The van der Waals surface area contributed by atoms with Crippen molar-refractivity contribution in [2.45, 2.75) is 44.9 Å². The predicted octanol–water partition coefficient (Wildman–Crippen LogP) is 2.28. The molecule has 3 rings (SSSR count). The van der Waals surface area contributed by atoms with Gasteiger partial charge in [0, 0.05) is 5.54 Å². The number of thioether (sulfide) groups is 1. The van der Waals surface area contributed by atoms with Gasteiger partial charge in [-0.15, -0.1) is 10.2 Å². The first kappa shape index (κ1) is 17.5. The number of nitrogens with one attached hydrogen (secondary N) is 1. The van der Waals surface area contributed by atoms with E-state index in [2.05, 4.69) is 15.5 Å². The number of benzene rings is 1. The van der Waals surface area contributed by atoms with E-state index < -0.39 is 0 Å². The van der Waals surface area contributed by atoms with Gasteiger partial charge in [-0.3, -0.25) is 18.6 Å². The van der Waals surface area contributed by atoms with Gasteiger partial charge in [0.15, 0.2) is 5.16 Å². The van der Waals surface area contributed by atoms with Crippen molar-refractivity contribution in [1.29, 1.82) is 0 Å². The first-order valence-electron chi connectivity index (χ1n) is 8.02. The molecule has 0 bridgehead atoms. The summed E-state index contributed by atoms with van der Waals surface area (Å²) >= 11 is 1.35. The molecule has 7 nitrogen and oxygen atoms in total. The van der Waals surface area contributed by atoms with Gasteiger partial charge in [-0.1, -0.05) is 23.9 Å². The lowest BCUT2D eigenvalue weighted by atomic mass is 10.1. The van der Waals surface area contributed by atoms with E-state index in [1.54, 1.807) is 6.92 Å². The van der Waals surface area contributed by atoms with Crippen LogP contribution in [-0.4, -0.2) is 42.1 Å². The number of aromatic nitrogens is 4. The van der Waals surface area contributed by atoms with Gasteiger partial charge in [-0.25, -0.2) is 0 Å². The standard InChI is InChI=1S/C17H21N5O2S/c1-11(23)10-25-16-20-19-15-21(9-14(24)18-17(2,3)4)12-7-5-6-8-13(12)22(15)16/h5-8H,9-10H2,1-4H3,(H,18,24). The molecule has 0 spiro atoms. The normalized spacial score (nSPS) is 12.0. The summed E-state index contributed by atoms with van der Waals surface area (Å²) in [6.07, 6.45) is 0. The van der Waals surface area contributed by atoms with Crippen molar-refractivity contribution in [3.63, 3.8) is 0 Å². The zero-order valence-corrected chi connectivity index (χ0v) is 15.6. The zero-order valence-electron chi connectivity index (χ0n) is 14.7. The van der Waals surface area contributed by atoms with Gasteiger partial charge in [0.05, 0.1) is 16.8 Å². The van der Waals surface area contributed by atoms with Crippen LogP contribution in [0.4, 0.5) is 0 Å². The number of imidazole rings is 1. The molecule has 0 fully saturated rings. The molecule has 2 aromatic heterocycles. The highest BCUT2D eigenvalue weighted by molar-refractivity contribution is 7.99. The predicted molar refractivity (Wildman–Crippen MR) is 97.8 cm³/mol. The third-order valence-corrected chi connectivity index (χ3v) is 4.57. The van der Waals surface area contributed by atoms with Gasteiger partial charge in [0.2, 0.25) is 11.7 Å². The van der Waals surface area contributed by atoms with Crippen LogP contribution in [0.2, 0.25) is 0 Å². The summed E-state index contributed by atoms with van der Waals surface area (Å²) in [5, 5.41) is 12.1. The minimum absolute atomic E-state index is 0.0787. The molecule has 0 aliphatic heterocycles. The van der Waals surface area contributed by atoms with Gasteiger partial charge in [0.1, 0.15) is 12.3 Å². The number of hydrogen-bond donors (Lipinski definition) is 1. The van der Waals surface area contributed by atoms with Crippen LogP contribution in [0.3, 0.4) is 0 Å². The van der Waals surface area contributed by atoms with Crippen LogP contribution < -0.4 is 5.32 Å². The van der Waals surface area contributed by atoms with Crippen LogP contribution in [0.1, 0.15) is 27.7 Å². The summed E-state index contributed by atoms with van der Waals surface area (Å²) < 4.78 is 3.74. The summed E-state index contributed by atoms with van der Waals surface area (Å²) in [5.74, 6) is 0.924. The summed E-state index contributed by atoms with van der Waals surface area (Å²) in [6.45, 7) is 7.54. The van der Waals surface area contributed by atoms with Crippen LogP contribution in [0.5, 0.6) is 0 Å². The van der Waals surface area contributed by atoms with E-state index in [0.29, 0.717) is 16.7 Å². The molecular formula is C17H21N5O2S. The molecule has 0 saturated carbocycles. The van der Waals surface area contributed by atoms with Crippen LogP contribution in [0, 0.1) is 0 Å². The monoisotopic (exact) mass is 359 g/mol. The van der Waals surface area contributed by atoms with Gasteiger partial charge >= 0.3 is 0 Å². The molecule has 2 heterocycles. The topological polar surface area (TPSA) is 81.3 Å². The van der Waals surface area contributed by atoms with Gasteiger partial charge in [-0.2, -0.15) is 0 Å². The first-order chi connectivity index (χ1) is 11.8. The molecule has 1 amide bonds. The highest BCUT2D eigenvalue weighted by Gasteiger charge is 2.20. The number of Topliss-reactive ketones (excluding diaryl/α,β-unsaturated/α-hetero) is 1. The number of fused-ring (bicyclic) bond motifs is 3. The molecule has 0 unspecified atom stereocenters. The quantitative estimate of drug-likeness (QED) is 0.707. The molecule has 8 heteroatoms. The molecule has 0 aliphatic carbocycles. The Morgan fingerprint density at radius 2 is 1.84 bits per heavy atom. The van der Waals surface area contributed by atoms with Crippen LogP contribution in [0.25, 0.3) is 16.8 Å². The lowest BCUT2D eigenvalue weighted by molar-refractivity contribution is -0.123. The van der Waals surface area contributed by atoms with Crippen LogP contribution in [-0.2, 0) is 16.1 Å². The van der Waals surface area contributed by atoms with Crippen molar-refractivity contribution in [2.24, 2.45) is 0 Å². The Balaban J connectivity index is 2.05. The SMILES string of the molecule is CC(=O)CSc1nnc2n(CC(=O)NC(C)(C)C)c3ccccc3n12. The van der Waals surface area contributed by atoms with E-state index in [1.807, 2.05) is 54.0 Å². The smallest absolute Gasteiger partial charge is 0.240 e. The summed E-state index contributed by atoms with van der Waals surface area (Å²) in [7, 11) is 0. The average molecular weight is 359 g/mol. The highest BCUT2D eigenvalue weighted by atomic mass is 32.2. The maximum Gasteiger partial charge on any atom is 0.240 e. The maximum atomic E-state index is 12.4. The van der Waals surface area contributed by atoms with E-state index in [9.17, 15) is 9.59 Å². The minimum atomic E-state index is -0.299. The Morgan fingerprint density at radius 3 is 2.48 bits per heavy atom. The Labute approximate surface area is 149 Å². The molecule has 1 N–H and O–H groups in total. The number of amides is 1. The lowest BCUT2D eigenvalue weighted by Gasteiger charge is -2.20. The first-order valence-corrected chi connectivity index (χ1v) is 9.00. The summed E-state index contributed by atoms with van der Waals surface area (Å²) in [4.78, 5) is 23.7. The number of hydrogen-bond acceptors (Lipinski definition) is 5. The number of carbonyl (C=O) groups is 2. The largest absolute Gasteiger partial charge is 0.350 e. The third kappa shape index (κ3) is 3.68. The number of carbonyl (C=O) groups excluding carboxylic acids is 2. The second kappa shape index (κ2) is 6.51. The van der Waals surface area contributed by atoms with E-state index in [0.717, 1.165) is 11.0 Å². The van der Waals surface area contributed by atoms with E-state index in [4.69, 9.17) is 0 Å². The maximum absolute atomic E-state index is 12.4. The molecule has 0 saturated heterocycles. The number of nitrogens with zero attached hydrogens (tertiary/aromatic N) is 4. The fourth-order valence-electron chi connectivity index (χ4n) is 2.65. The Morgan fingerprint density at radius 1 is 1.16 bits per heavy atom. The van der Waals surface area contributed by atoms with Crippen molar-refractivity contribution in [3.8, 4) is 0 Å². The van der Waals surface area contributed by atoms with Crippen molar-refractivity contribution >= 4 is 40.3 Å². The average Bonchev–Trinajstić information content (AvgIpc) is 3.04. The number of rotatable bonds is 5. The summed E-state index contributed by atoms with van der Waals surface area (Å²) in [5.41, 5.74) is 1.52. The van der Waals surface area contributed by atoms with Crippen LogP contribution >= 0.6 is 11.8 Å². The summed E-state index contributed by atoms with van der Waals surface area (Å²) in [6, 6.07) is 7.77. The zero-order chi connectivity index (χ0) is 18.2. The van der Waals surface area contributed by atoms with Gasteiger partial charge < -0.3 is 5.32 Å². The second-order valence-electron chi connectivity index (χ2n) is 6.98. The Hall–Kier alpha value is -2.35. The van der Waals surface area contributed by atoms with Crippen molar-refractivity contribution < 1.29 is 9.59 Å². The fourth-order valence-corrected chi connectivity index (χ4v) is 3.39. The van der Waals surface area contributed by atoms with Crippen molar-refractivity contribution in [2.75, 3.05) is 5.75 Å². The molecule has 0 aliphatic rings. The minimum Gasteiger partial charge on any atom is -0.350 e.